The van der Waals surface area contributed by atoms with Crippen LogP contribution in [-0.4, -0.2) is 22.5 Å². The number of hydrogen-bond acceptors (Lipinski definition) is 4. The number of nitrogens with zero attached hydrogens (tertiary/aromatic N) is 1. The zero-order chi connectivity index (χ0) is 13.4. The van der Waals surface area contributed by atoms with Gasteiger partial charge in [0.05, 0.1) is 11.2 Å². The number of thiazole rings is 1. The first-order chi connectivity index (χ1) is 8.40. The Morgan fingerprint density at radius 2 is 2.22 bits per heavy atom. The minimum atomic E-state index is 0.105. The standard InChI is InChI=1S/C14H24N2S2/c1-6-15-14(7-8-17-10(14)2)12-16-11(9-18-12)13(3,4)5/h9-10,15H,6-8H2,1-5H3. The summed E-state index contributed by atoms with van der Waals surface area (Å²) >= 11 is 3.89. The van der Waals surface area contributed by atoms with Crippen molar-refractivity contribution in [3.8, 4) is 0 Å². The van der Waals surface area contributed by atoms with Crippen molar-refractivity contribution in [2.75, 3.05) is 12.3 Å². The first-order valence-corrected chi connectivity index (χ1v) is 8.66. The molecule has 2 unspecified atom stereocenters. The molecule has 0 radical (unpaired) electrons. The van der Waals surface area contributed by atoms with Crippen LogP contribution < -0.4 is 5.32 Å². The topological polar surface area (TPSA) is 24.9 Å². The molecule has 2 heterocycles. The van der Waals surface area contributed by atoms with E-state index in [4.69, 9.17) is 4.98 Å². The Morgan fingerprint density at radius 3 is 2.67 bits per heavy atom. The summed E-state index contributed by atoms with van der Waals surface area (Å²) in [5.74, 6) is 1.23. The second-order valence-electron chi connectivity index (χ2n) is 6.05. The van der Waals surface area contributed by atoms with Crippen LogP contribution in [0.1, 0.15) is 51.7 Å². The summed E-state index contributed by atoms with van der Waals surface area (Å²) in [5.41, 5.74) is 1.48. The molecule has 0 amide bonds. The molecule has 4 heteroatoms. The molecule has 0 aliphatic carbocycles. The molecule has 2 atom stereocenters. The molecule has 1 aliphatic heterocycles. The SMILES string of the molecule is CCNC1(c2nc(C(C)(C)C)cs2)CCSC1C. The Labute approximate surface area is 119 Å². The van der Waals surface area contributed by atoms with Crippen molar-refractivity contribution >= 4 is 23.1 Å². The van der Waals surface area contributed by atoms with E-state index in [1.165, 1.54) is 22.9 Å². The Balaban J connectivity index is 2.35. The van der Waals surface area contributed by atoms with Crippen LogP contribution in [0.5, 0.6) is 0 Å². The highest BCUT2D eigenvalue weighted by atomic mass is 32.2. The van der Waals surface area contributed by atoms with Gasteiger partial charge in [-0.15, -0.1) is 11.3 Å². The van der Waals surface area contributed by atoms with Gasteiger partial charge in [0.15, 0.2) is 0 Å². The van der Waals surface area contributed by atoms with Crippen LogP contribution >= 0.6 is 23.1 Å². The Hall–Kier alpha value is -0.0600. The quantitative estimate of drug-likeness (QED) is 0.914. The molecule has 0 saturated carbocycles. The van der Waals surface area contributed by atoms with Gasteiger partial charge in [-0.3, -0.25) is 0 Å². The van der Waals surface area contributed by atoms with Crippen LogP contribution in [0.2, 0.25) is 0 Å². The third-order valence-corrected chi connectivity index (χ3v) is 6.07. The van der Waals surface area contributed by atoms with Crippen LogP contribution in [0.3, 0.4) is 0 Å². The monoisotopic (exact) mass is 284 g/mol. The van der Waals surface area contributed by atoms with Gasteiger partial charge in [0.25, 0.3) is 0 Å². The van der Waals surface area contributed by atoms with E-state index in [1.807, 2.05) is 11.3 Å². The lowest BCUT2D eigenvalue weighted by Crippen LogP contribution is -2.46. The molecule has 1 aromatic heterocycles. The van der Waals surface area contributed by atoms with Gasteiger partial charge in [0.1, 0.15) is 5.01 Å². The zero-order valence-electron chi connectivity index (χ0n) is 12.0. The molecule has 18 heavy (non-hydrogen) atoms. The summed E-state index contributed by atoms with van der Waals surface area (Å²) < 4.78 is 0. The molecule has 102 valence electrons. The average Bonchev–Trinajstić information content (AvgIpc) is 2.86. The van der Waals surface area contributed by atoms with Crippen molar-refractivity contribution in [3.05, 3.63) is 16.1 Å². The molecule has 0 spiro atoms. The predicted octanol–water partition coefficient (Wildman–Crippen LogP) is 3.77. The highest BCUT2D eigenvalue weighted by Gasteiger charge is 2.44. The highest BCUT2D eigenvalue weighted by molar-refractivity contribution is 8.00. The van der Waals surface area contributed by atoms with Gasteiger partial charge in [0.2, 0.25) is 0 Å². The molecular weight excluding hydrogens is 260 g/mol. The lowest BCUT2D eigenvalue weighted by atomic mass is 9.91. The largest absolute Gasteiger partial charge is 0.305 e. The van der Waals surface area contributed by atoms with Crippen LogP contribution in [0.25, 0.3) is 0 Å². The summed E-state index contributed by atoms with van der Waals surface area (Å²) in [6.07, 6.45) is 1.20. The van der Waals surface area contributed by atoms with E-state index in [-0.39, 0.29) is 11.0 Å². The van der Waals surface area contributed by atoms with E-state index >= 15 is 0 Å². The molecule has 0 aromatic carbocycles. The molecule has 2 nitrogen and oxygen atoms in total. The lowest BCUT2D eigenvalue weighted by Gasteiger charge is -2.32. The molecule has 2 rings (SSSR count). The van der Waals surface area contributed by atoms with Crippen LogP contribution in [0.4, 0.5) is 0 Å². The van der Waals surface area contributed by atoms with Crippen molar-refractivity contribution in [3.63, 3.8) is 0 Å². The summed E-state index contributed by atoms with van der Waals surface area (Å²) in [6, 6.07) is 0. The fourth-order valence-electron chi connectivity index (χ4n) is 2.47. The summed E-state index contributed by atoms with van der Waals surface area (Å²) in [7, 11) is 0. The van der Waals surface area contributed by atoms with Crippen LogP contribution in [-0.2, 0) is 11.0 Å². The van der Waals surface area contributed by atoms with E-state index in [2.05, 4.69) is 57.1 Å². The zero-order valence-corrected chi connectivity index (χ0v) is 13.7. The predicted molar refractivity (Wildman–Crippen MR) is 82.7 cm³/mol. The molecular formula is C14H24N2S2. The first-order valence-electron chi connectivity index (χ1n) is 6.73. The van der Waals surface area contributed by atoms with Crippen LogP contribution in [0.15, 0.2) is 5.38 Å². The smallest absolute Gasteiger partial charge is 0.114 e. The van der Waals surface area contributed by atoms with Crippen molar-refractivity contribution in [1.82, 2.24) is 10.3 Å². The number of rotatable bonds is 3. The summed E-state index contributed by atoms with van der Waals surface area (Å²) in [5, 5.41) is 7.85. The van der Waals surface area contributed by atoms with Gasteiger partial charge in [-0.05, 0) is 18.7 Å². The number of thioether (sulfide) groups is 1. The maximum Gasteiger partial charge on any atom is 0.114 e. The summed E-state index contributed by atoms with van der Waals surface area (Å²) in [4.78, 5) is 4.95. The van der Waals surface area contributed by atoms with E-state index in [0.717, 1.165) is 6.54 Å². The third-order valence-electron chi connectivity index (χ3n) is 3.70. The lowest BCUT2D eigenvalue weighted by molar-refractivity contribution is 0.339. The molecule has 1 aromatic rings. The third kappa shape index (κ3) is 2.47. The molecule has 1 saturated heterocycles. The van der Waals surface area contributed by atoms with Crippen LogP contribution in [0, 0.1) is 0 Å². The highest BCUT2D eigenvalue weighted by Crippen LogP contribution is 2.44. The van der Waals surface area contributed by atoms with Crippen molar-refractivity contribution in [2.45, 2.75) is 57.2 Å². The molecule has 1 fully saturated rings. The van der Waals surface area contributed by atoms with Gasteiger partial charge < -0.3 is 5.32 Å². The van der Waals surface area contributed by atoms with E-state index < -0.39 is 0 Å². The second kappa shape index (κ2) is 5.14. The number of hydrogen-bond donors (Lipinski definition) is 1. The fraction of sp³-hybridized carbons (Fsp3) is 0.786. The van der Waals surface area contributed by atoms with E-state index in [0.29, 0.717) is 5.25 Å². The maximum atomic E-state index is 4.95. The molecule has 1 N–H and O–H groups in total. The fourth-order valence-corrected chi connectivity index (χ4v) is 5.28. The van der Waals surface area contributed by atoms with Gasteiger partial charge in [-0.25, -0.2) is 4.98 Å². The molecule has 1 aliphatic rings. The molecule has 0 bridgehead atoms. The second-order valence-corrected chi connectivity index (χ2v) is 8.36. The van der Waals surface area contributed by atoms with Gasteiger partial charge in [0, 0.05) is 16.0 Å². The number of nitrogens with one attached hydrogen (secondary N) is 1. The number of aromatic nitrogens is 1. The minimum Gasteiger partial charge on any atom is -0.305 e. The summed E-state index contributed by atoms with van der Waals surface area (Å²) in [6.45, 7) is 12.2. The Morgan fingerprint density at radius 1 is 1.50 bits per heavy atom. The van der Waals surface area contributed by atoms with Crippen molar-refractivity contribution < 1.29 is 0 Å². The van der Waals surface area contributed by atoms with Gasteiger partial charge in [-0.2, -0.15) is 11.8 Å². The van der Waals surface area contributed by atoms with Crippen molar-refractivity contribution in [1.29, 1.82) is 0 Å². The minimum absolute atomic E-state index is 0.105. The van der Waals surface area contributed by atoms with Crippen molar-refractivity contribution in [2.24, 2.45) is 0 Å². The van der Waals surface area contributed by atoms with Gasteiger partial charge in [-0.1, -0.05) is 34.6 Å². The average molecular weight is 284 g/mol. The normalized spacial score (nSPS) is 28.8. The van der Waals surface area contributed by atoms with E-state index in [1.54, 1.807) is 0 Å². The Kier molecular flexibility index (Phi) is 4.10. The van der Waals surface area contributed by atoms with Gasteiger partial charge >= 0.3 is 0 Å². The maximum absolute atomic E-state index is 4.95. The first kappa shape index (κ1) is 14.4. The Bertz CT molecular complexity index is 408. The van der Waals surface area contributed by atoms with E-state index in [9.17, 15) is 0 Å².